The van der Waals surface area contributed by atoms with Crippen molar-refractivity contribution in [2.45, 2.75) is 19.5 Å². The lowest BCUT2D eigenvalue weighted by Crippen LogP contribution is -2.19. The molecular weight excluding hydrogens is 242 g/mol. The first-order valence-corrected chi connectivity index (χ1v) is 6.47. The minimum atomic E-state index is 0.724. The van der Waals surface area contributed by atoms with Gasteiger partial charge in [-0.05, 0) is 18.1 Å². The standard InChI is InChI=1S/C13H21N5O/c1-17-11-12(9-15-17)3-6-18-7-4-13(16-18)10-14-5-8-19-2/h4,7,9,11,14H,3,5-6,8,10H2,1-2H3. The van der Waals surface area contributed by atoms with E-state index in [-0.39, 0.29) is 0 Å². The monoisotopic (exact) mass is 263 g/mol. The van der Waals surface area contributed by atoms with Gasteiger partial charge in [0.25, 0.3) is 0 Å². The van der Waals surface area contributed by atoms with E-state index in [0.717, 1.165) is 38.4 Å². The Kier molecular flexibility index (Phi) is 5.11. The fourth-order valence-electron chi connectivity index (χ4n) is 1.86. The number of nitrogens with zero attached hydrogens (tertiary/aromatic N) is 4. The van der Waals surface area contributed by atoms with E-state index in [1.807, 2.05) is 41.1 Å². The molecular formula is C13H21N5O. The highest BCUT2D eigenvalue weighted by Gasteiger charge is 2.00. The molecule has 2 rings (SSSR count). The van der Waals surface area contributed by atoms with Gasteiger partial charge in [-0.15, -0.1) is 0 Å². The topological polar surface area (TPSA) is 56.9 Å². The van der Waals surface area contributed by atoms with E-state index >= 15 is 0 Å². The lowest BCUT2D eigenvalue weighted by atomic mass is 10.2. The average Bonchev–Trinajstić information content (AvgIpc) is 3.01. The lowest BCUT2D eigenvalue weighted by Gasteiger charge is -2.01. The van der Waals surface area contributed by atoms with Crippen molar-refractivity contribution in [2.24, 2.45) is 7.05 Å². The maximum atomic E-state index is 4.98. The SMILES string of the molecule is COCCNCc1ccn(CCc2cnn(C)c2)n1. The predicted molar refractivity (Wildman–Crippen MR) is 72.7 cm³/mol. The zero-order chi connectivity index (χ0) is 13.5. The van der Waals surface area contributed by atoms with Crippen LogP contribution >= 0.6 is 0 Å². The van der Waals surface area contributed by atoms with Crippen LogP contribution in [0.25, 0.3) is 0 Å². The van der Waals surface area contributed by atoms with Crippen LogP contribution in [0.15, 0.2) is 24.7 Å². The van der Waals surface area contributed by atoms with Crippen molar-refractivity contribution in [2.75, 3.05) is 20.3 Å². The molecule has 0 saturated heterocycles. The van der Waals surface area contributed by atoms with Crippen LogP contribution in [-0.4, -0.2) is 39.8 Å². The second-order valence-corrected chi connectivity index (χ2v) is 4.51. The molecule has 0 aromatic carbocycles. The Bertz CT molecular complexity index is 491. The summed E-state index contributed by atoms with van der Waals surface area (Å²) in [6.07, 6.45) is 6.91. The van der Waals surface area contributed by atoms with Crippen LogP contribution in [0, 0.1) is 0 Å². The molecule has 0 amide bonds. The summed E-state index contributed by atoms with van der Waals surface area (Å²) < 4.78 is 8.77. The number of methoxy groups -OCH3 is 1. The van der Waals surface area contributed by atoms with Crippen LogP contribution in [0.3, 0.4) is 0 Å². The van der Waals surface area contributed by atoms with Crippen LogP contribution in [0.2, 0.25) is 0 Å². The molecule has 1 N–H and O–H groups in total. The highest BCUT2D eigenvalue weighted by atomic mass is 16.5. The van der Waals surface area contributed by atoms with Gasteiger partial charge in [0.2, 0.25) is 0 Å². The second-order valence-electron chi connectivity index (χ2n) is 4.51. The Labute approximate surface area is 113 Å². The minimum absolute atomic E-state index is 0.724. The Morgan fingerprint density at radius 3 is 3.05 bits per heavy atom. The third-order valence-corrected chi connectivity index (χ3v) is 2.87. The molecule has 0 fully saturated rings. The van der Waals surface area contributed by atoms with Gasteiger partial charge < -0.3 is 10.1 Å². The van der Waals surface area contributed by atoms with Gasteiger partial charge in [-0.2, -0.15) is 10.2 Å². The van der Waals surface area contributed by atoms with E-state index in [1.54, 1.807) is 7.11 Å². The number of ether oxygens (including phenoxy) is 1. The maximum absolute atomic E-state index is 4.98. The first-order chi connectivity index (χ1) is 9.28. The van der Waals surface area contributed by atoms with Gasteiger partial charge in [-0.1, -0.05) is 0 Å². The van der Waals surface area contributed by atoms with Gasteiger partial charge in [-0.3, -0.25) is 9.36 Å². The van der Waals surface area contributed by atoms with Crippen LogP contribution in [0.1, 0.15) is 11.3 Å². The van der Waals surface area contributed by atoms with E-state index in [9.17, 15) is 0 Å². The summed E-state index contributed by atoms with van der Waals surface area (Å²) in [5, 5.41) is 12.0. The molecule has 19 heavy (non-hydrogen) atoms. The Balaban J connectivity index is 1.74. The van der Waals surface area contributed by atoms with E-state index < -0.39 is 0 Å². The van der Waals surface area contributed by atoms with Gasteiger partial charge in [0, 0.05) is 46.2 Å². The molecule has 2 aromatic heterocycles. The van der Waals surface area contributed by atoms with Crippen LogP contribution in [0.4, 0.5) is 0 Å². The van der Waals surface area contributed by atoms with Crippen molar-refractivity contribution < 1.29 is 4.74 Å². The molecule has 0 aliphatic heterocycles. The number of hydrogen-bond donors (Lipinski definition) is 1. The summed E-state index contributed by atoms with van der Waals surface area (Å²) in [6, 6.07) is 2.04. The van der Waals surface area contributed by atoms with Gasteiger partial charge in [-0.25, -0.2) is 0 Å². The number of hydrogen-bond acceptors (Lipinski definition) is 4. The summed E-state index contributed by atoms with van der Waals surface area (Å²) in [7, 11) is 3.63. The van der Waals surface area contributed by atoms with Crippen LogP contribution in [-0.2, 0) is 31.3 Å². The van der Waals surface area contributed by atoms with Gasteiger partial charge in [0.15, 0.2) is 0 Å². The number of aryl methyl sites for hydroxylation is 3. The van der Waals surface area contributed by atoms with Crippen LogP contribution < -0.4 is 5.32 Å². The lowest BCUT2D eigenvalue weighted by molar-refractivity contribution is 0.199. The molecule has 0 bridgehead atoms. The summed E-state index contributed by atoms with van der Waals surface area (Å²) in [6.45, 7) is 3.23. The van der Waals surface area contributed by atoms with E-state index in [2.05, 4.69) is 15.5 Å². The van der Waals surface area contributed by atoms with Crippen LogP contribution in [0.5, 0.6) is 0 Å². The quantitative estimate of drug-likeness (QED) is 0.708. The number of aromatic nitrogens is 4. The molecule has 0 unspecified atom stereocenters. The largest absolute Gasteiger partial charge is 0.383 e. The highest BCUT2D eigenvalue weighted by Crippen LogP contribution is 2.01. The molecule has 0 aliphatic carbocycles. The fourth-order valence-corrected chi connectivity index (χ4v) is 1.86. The summed E-state index contributed by atoms with van der Waals surface area (Å²) in [5.41, 5.74) is 2.29. The first kappa shape index (κ1) is 13.8. The van der Waals surface area contributed by atoms with E-state index in [1.165, 1.54) is 5.56 Å². The molecule has 0 atom stereocenters. The zero-order valence-corrected chi connectivity index (χ0v) is 11.5. The Morgan fingerprint density at radius 2 is 2.32 bits per heavy atom. The molecule has 6 heteroatoms. The summed E-state index contributed by atoms with van der Waals surface area (Å²) in [4.78, 5) is 0. The van der Waals surface area contributed by atoms with Gasteiger partial charge in [0.1, 0.15) is 0 Å². The van der Waals surface area contributed by atoms with E-state index in [0.29, 0.717) is 0 Å². The van der Waals surface area contributed by atoms with Gasteiger partial charge >= 0.3 is 0 Å². The third-order valence-electron chi connectivity index (χ3n) is 2.87. The zero-order valence-electron chi connectivity index (χ0n) is 11.5. The maximum Gasteiger partial charge on any atom is 0.0762 e. The molecule has 2 aromatic rings. The van der Waals surface area contributed by atoms with Crippen molar-refractivity contribution in [3.05, 3.63) is 35.9 Å². The normalized spacial score (nSPS) is 11.1. The van der Waals surface area contributed by atoms with Crippen molar-refractivity contribution in [1.29, 1.82) is 0 Å². The van der Waals surface area contributed by atoms with Crippen molar-refractivity contribution in [3.8, 4) is 0 Å². The van der Waals surface area contributed by atoms with Crippen molar-refractivity contribution in [3.63, 3.8) is 0 Å². The van der Waals surface area contributed by atoms with Crippen molar-refractivity contribution >= 4 is 0 Å². The first-order valence-electron chi connectivity index (χ1n) is 6.47. The molecule has 0 spiro atoms. The second kappa shape index (κ2) is 7.06. The Hall–Kier alpha value is -1.66. The molecule has 0 saturated carbocycles. The molecule has 0 radical (unpaired) electrons. The summed E-state index contributed by atoms with van der Waals surface area (Å²) >= 11 is 0. The van der Waals surface area contributed by atoms with E-state index in [4.69, 9.17) is 4.74 Å². The third kappa shape index (κ3) is 4.50. The number of nitrogens with one attached hydrogen (secondary N) is 1. The van der Waals surface area contributed by atoms with Gasteiger partial charge in [0.05, 0.1) is 18.5 Å². The molecule has 2 heterocycles. The summed E-state index contributed by atoms with van der Waals surface area (Å²) in [5.74, 6) is 0. The Morgan fingerprint density at radius 1 is 1.42 bits per heavy atom. The average molecular weight is 263 g/mol. The minimum Gasteiger partial charge on any atom is -0.383 e. The molecule has 104 valence electrons. The molecule has 0 aliphatic rings. The van der Waals surface area contributed by atoms with Crippen molar-refractivity contribution in [1.82, 2.24) is 24.9 Å². The smallest absolute Gasteiger partial charge is 0.0762 e. The molecule has 6 nitrogen and oxygen atoms in total. The highest BCUT2D eigenvalue weighted by molar-refractivity contribution is 5.04. The fraction of sp³-hybridized carbons (Fsp3) is 0.538. The number of rotatable bonds is 8. The predicted octanol–water partition coefficient (Wildman–Crippen LogP) is 0.595.